The normalized spacial score (nSPS) is 26.9. The van der Waals surface area contributed by atoms with Crippen LogP contribution in [0.2, 0.25) is 0 Å². The lowest BCUT2D eigenvalue weighted by atomic mass is 9.69. The zero-order chi connectivity index (χ0) is 21.5. The summed E-state index contributed by atoms with van der Waals surface area (Å²) in [6, 6.07) is 2.60. The summed E-state index contributed by atoms with van der Waals surface area (Å²) >= 11 is 0. The fraction of sp³-hybridized carbons (Fsp3) is 0.720. The molecule has 0 spiro atoms. The Bertz CT molecular complexity index is 690. The van der Waals surface area contributed by atoms with Crippen LogP contribution in [0.1, 0.15) is 84.5 Å². The zero-order valence-corrected chi connectivity index (χ0v) is 18.4. The molecule has 0 aliphatic heterocycles. The van der Waals surface area contributed by atoms with Crippen molar-refractivity contribution in [1.29, 1.82) is 0 Å². The molecular weight excluding hydrogens is 386 g/mol. The number of carbonyl (C=O) groups excluding carboxylic acids is 1. The van der Waals surface area contributed by atoms with Crippen LogP contribution in [0, 0.1) is 35.3 Å². The van der Waals surface area contributed by atoms with Crippen LogP contribution in [0.25, 0.3) is 0 Å². The van der Waals surface area contributed by atoms with Gasteiger partial charge in [-0.25, -0.2) is 0 Å². The molecule has 0 unspecified atom stereocenters. The van der Waals surface area contributed by atoms with E-state index in [2.05, 4.69) is 6.92 Å². The smallest absolute Gasteiger partial charge is 0.314 e. The second kappa shape index (κ2) is 11.1. The minimum atomic E-state index is -1.16. The Kier molecular flexibility index (Phi) is 8.52. The Labute approximate surface area is 179 Å². The fourth-order valence-corrected chi connectivity index (χ4v) is 5.29. The summed E-state index contributed by atoms with van der Waals surface area (Å²) in [5.41, 5.74) is 0. The first-order valence-corrected chi connectivity index (χ1v) is 11.9. The highest BCUT2D eigenvalue weighted by Crippen LogP contribution is 2.42. The molecular formula is C25H36F2O3. The second-order valence-electron chi connectivity index (χ2n) is 9.14. The molecule has 0 aromatic heterocycles. The van der Waals surface area contributed by atoms with Gasteiger partial charge in [-0.2, -0.15) is 8.78 Å². The fourth-order valence-electron chi connectivity index (χ4n) is 5.29. The molecule has 0 heterocycles. The van der Waals surface area contributed by atoms with Gasteiger partial charge in [-0.05, 0) is 74.8 Å². The van der Waals surface area contributed by atoms with Gasteiger partial charge in [0.15, 0.2) is 11.5 Å². The average molecular weight is 423 g/mol. The lowest BCUT2D eigenvalue weighted by Crippen LogP contribution is -2.30. The maximum absolute atomic E-state index is 14.3. The van der Waals surface area contributed by atoms with Gasteiger partial charge in [0.2, 0.25) is 11.6 Å². The highest BCUT2D eigenvalue weighted by Gasteiger charge is 2.34. The molecule has 30 heavy (non-hydrogen) atoms. The van der Waals surface area contributed by atoms with Crippen LogP contribution in [0.4, 0.5) is 8.78 Å². The van der Waals surface area contributed by atoms with Gasteiger partial charge in [-0.15, -0.1) is 0 Å². The summed E-state index contributed by atoms with van der Waals surface area (Å²) in [5, 5.41) is 0. The van der Waals surface area contributed by atoms with Gasteiger partial charge in [-0.3, -0.25) is 4.79 Å². The Balaban J connectivity index is 1.48. The molecule has 168 valence electrons. The quantitative estimate of drug-likeness (QED) is 0.332. The molecule has 1 aromatic rings. The zero-order valence-electron chi connectivity index (χ0n) is 18.4. The molecule has 0 atom stereocenters. The molecule has 0 radical (unpaired) electrons. The van der Waals surface area contributed by atoms with Gasteiger partial charge in [0, 0.05) is 0 Å². The van der Waals surface area contributed by atoms with Crippen LogP contribution in [0.15, 0.2) is 12.1 Å². The van der Waals surface area contributed by atoms with Gasteiger partial charge in [0.1, 0.15) is 0 Å². The van der Waals surface area contributed by atoms with Crippen molar-refractivity contribution in [2.75, 3.05) is 6.61 Å². The maximum atomic E-state index is 14.3. The third-order valence-corrected chi connectivity index (χ3v) is 7.04. The molecule has 3 nitrogen and oxygen atoms in total. The minimum absolute atomic E-state index is 0.150. The van der Waals surface area contributed by atoms with Crippen LogP contribution < -0.4 is 9.47 Å². The standard InChI is InChI=1S/C25H36F2O3/c1-3-5-17-6-8-18(9-7-17)19-10-12-20(13-11-19)25(28)30-22-15-14-21(29-16-4-2)23(26)24(22)27/h14-15,17-20H,3-13,16H2,1-2H3. The van der Waals surface area contributed by atoms with Crippen LogP contribution in [0.5, 0.6) is 11.5 Å². The van der Waals surface area contributed by atoms with Crippen molar-refractivity contribution in [1.82, 2.24) is 0 Å². The maximum Gasteiger partial charge on any atom is 0.314 e. The van der Waals surface area contributed by atoms with Crippen molar-refractivity contribution in [3.05, 3.63) is 23.8 Å². The second-order valence-corrected chi connectivity index (χ2v) is 9.14. The molecule has 1 aromatic carbocycles. The van der Waals surface area contributed by atoms with Crippen LogP contribution in [-0.2, 0) is 4.79 Å². The Morgan fingerprint density at radius 1 is 0.867 bits per heavy atom. The molecule has 0 bridgehead atoms. The van der Waals surface area contributed by atoms with E-state index in [1.54, 1.807) is 0 Å². The van der Waals surface area contributed by atoms with E-state index >= 15 is 0 Å². The van der Waals surface area contributed by atoms with E-state index in [1.165, 1.54) is 50.7 Å². The van der Waals surface area contributed by atoms with Gasteiger partial charge in [0.05, 0.1) is 12.5 Å². The number of halogens is 2. The number of hydrogen-bond donors (Lipinski definition) is 0. The van der Waals surface area contributed by atoms with Crippen molar-refractivity contribution >= 4 is 5.97 Å². The van der Waals surface area contributed by atoms with Crippen LogP contribution >= 0.6 is 0 Å². The molecule has 2 aliphatic carbocycles. The van der Waals surface area contributed by atoms with Crippen molar-refractivity contribution in [2.45, 2.75) is 84.5 Å². The lowest BCUT2D eigenvalue weighted by Gasteiger charge is -2.37. The first-order chi connectivity index (χ1) is 14.5. The van der Waals surface area contributed by atoms with Crippen molar-refractivity contribution in [2.24, 2.45) is 23.7 Å². The van der Waals surface area contributed by atoms with E-state index in [0.717, 1.165) is 37.5 Å². The van der Waals surface area contributed by atoms with Gasteiger partial charge < -0.3 is 9.47 Å². The lowest BCUT2D eigenvalue weighted by molar-refractivity contribution is -0.140. The highest BCUT2D eigenvalue weighted by molar-refractivity contribution is 5.75. The topological polar surface area (TPSA) is 35.5 Å². The first-order valence-electron chi connectivity index (χ1n) is 11.9. The monoisotopic (exact) mass is 422 g/mol. The molecule has 5 heteroatoms. The van der Waals surface area contributed by atoms with E-state index in [1.807, 2.05) is 6.92 Å². The first kappa shape index (κ1) is 23.0. The summed E-state index contributed by atoms with van der Waals surface area (Å²) in [7, 11) is 0. The Morgan fingerprint density at radius 3 is 2.03 bits per heavy atom. The van der Waals surface area contributed by atoms with E-state index in [9.17, 15) is 13.6 Å². The van der Waals surface area contributed by atoms with Gasteiger partial charge in [-0.1, -0.05) is 39.5 Å². The van der Waals surface area contributed by atoms with Crippen LogP contribution in [0.3, 0.4) is 0 Å². The van der Waals surface area contributed by atoms with E-state index in [0.29, 0.717) is 18.9 Å². The number of ether oxygens (including phenoxy) is 2. The Hall–Kier alpha value is -1.65. The molecule has 3 rings (SSSR count). The number of rotatable bonds is 8. The highest BCUT2D eigenvalue weighted by atomic mass is 19.2. The van der Waals surface area contributed by atoms with Gasteiger partial charge in [0.25, 0.3) is 0 Å². The summed E-state index contributed by atoms with van der Waals surface area (Å²) < 4.78 is 38.8. The largest absolute Gasteiger partial charge is 0.490 e. The third-order valence-electron chi connectivity index (χ3n) is 7.04. The molecule has 2 saturated carbocycles. The molecule has 2 aliphatic rings. The SMILES string of the molecule is CCCOc1ccc(OC(=O)C2CCC(C3CCC(CCC)CC3)CC2)c(F)c1F. The van der Waals surface area contributed by atoms with Crippen molar-refractivity contribution in [3.63, 3.8) is 0 Å². The summed E-state index contributed by atoms with van der Waals surface area (Å²) in [6.45, 7) is 4.46. The minimum Gasteiger partial charge on any atom is -0.490 e. The molecule has 0 amide bonds. The van der Waals surface area contributed by atoms with Crippen LogP contribution in [-0.4, -0.2) is 12.6 Å². The average Bonchev–Trinajstić information content (AvgIpc) is 2.77. The summed E-state index contributed by atoms with van der Waals surface area (Å²) in [5.74, 6) is -1.03. The van der Waals surface area contributed by atoms with Crippen molar-refractivity contribution < 1.29 is 23.0 Å². The Morgan fingerprint density at radius 2 is 1.43 bits per heavy atom. The molecule has 2 fully saturated rings. The summed E-state index contributed by atoms with van der Waals surface area (Å²) in [6.07, 6.45) is 12.3. The van der Waals surface area contributed by atoms with E-state index in [4.69, 9.17) is 9.47 Å². The predicted octanol–water partition coefficient (Wildman–Crippen LogP) is 7.07. The van der Waals surface area contributed by atoms with Crippen molar-refractivity contribution in [3.8, 4) is 11.5 Å². The summed E-state index contributed by atoms with van der Waals surface area (Å²) in [4.78, 5) is 12.5. The number of carbonyl (C=O) groups is 1. The molecule has 0 saturated heterocycles. The number of hydrogen-bond acceptors (Lipinski definition) is 3. The van der Waals surface area contributed by atoms with E-state index < -0.39 is 17.6 Å². The number of esters is 1. The van der Waals surface area contributed by atoms with E-state index in [-0.39, 0.29) is 17.4 Å². The third kappa shape index (κ3) is 5.73. The van der Waals surface area contributed by atoms with Gasteiger partial charge >= 0.3 is 5.97 Å². The molecule has 0 N–H and O–H groups in total. The predicted molar refractivity (Wildman–Crippen MR) is 114 cm³/mol. The number of benzene rings is 1.